The number of nitrogens with zero attached hydrogens (tertiary/aromatic N) is 4. The molecule has 1 aromatic rings. The van der Waals surface area contributed by atoms with Crippen LogP contribution in [0.25, 0.3) is 0 Å². The van der Waals surface area contributed by atoms with Gasteiger partial charge in [0, 0.05) is 37.6 Å². The van der Waals surface area contributed by atoms with Crippen molar-refractivity contribution in [1.29, 1.82) is 0 Å². The van der Waals surface area contributed by atoms with Gasteiger partial charge >= 0.3 is 0 Å². The van der Waals surface area contributed by atoms with Crippen molar-refractivity contribution in [1.82, 2.24) is 15.3 Å². The molecule has 1 aliphatic heterocycles. The van der Waals surface area contributed by atoms with E-state index >= 15 is 0 Å². The van der Waals surface area contributed by atoms with Crippen molar-refractivity contribution in [2.24, 2.45) is 0 Å². The maximum atomic E-state index is 4.43. The largest absolute Gasteiger partial charge is 0.338 e. The summed E-state index contributed by atoms with van der Waals surface area (Å²) in [4.78, 5) is 11.1. The van der Waals surface area contributed by atoms with Crippen LogP contribution in [-0.4, -0.2) is 36.1 Å². The molecule has 0 unspecified atom stereocenters. The number of hydrogen-bond acceptors (Lipinski definition) is 3. The van der Waals surface area contributed by atoms with E-state index in [4.69, 9.17) is 0 Å². The maximum Gasteiger partial charge on any atom is 0.225 e. The molecule has 0 bridgehead atoms. The highest BCUT2D eigenvalue weighted by atomic mass is 15.3. The zero-order valence-corrected chi connectivity index (χ0v) is 8.69. The Labute approximate surface area is 84.4 Å². The topological polar surface area (TPSA) is 43.1 Å². The zero-order chi connectivity index (χ0) is 9.97. The summed E-state index contributed by atoms with van der Waals surface area (Å²) in [6, 6.07) is 2.00. The number of piperazine rings is 1. The third-order valence-electron chi connectivity index (χ3n) is 2.31. The number of rotatable bonds is 1. The third kappa shape index (κ3) is 2.01. The highest BCUT2D eigenvalue weighted by molar-refractivity contribution is 5.32. The Morgan fingerprint density at radius 3 is 2.21 bits per heavy atom. The van der Waals surface area contributed by atoms with E-state index in [-0.39, 0.29) is 0 Å². The van der Waals surface area contributed by atoms with Crippen LogP contribution in [0.5, 0.6) is 0 Å². The van der Waals surface area contributed by atoms with Crippen LogP contribution >= 0.6 is 0 Å². The van der Waals surface area contributed by atoms with Gasteiger partial charge in [-0.15, -0.1) is 0 Å². The first-order valence-corrected chi connectivity index (χ1v) is 4.96. The smallest absolute Gasteiger partial charge is 0.225 e. The second kappa shape index (κ2) is 3.92. The van der Waals surface area contributed by atoms with E-state index in [1.807, 2.05) is 19.9 Å². The summed E-state index contributed by atoms with van der Waals surface area (Å²) in [5.74, 6) is 0.859. The summed E-state index contributed by atoms with van der Waals surface area (Å²) in [6.45, 7) is 7.71. The summed E-state index contributed by atoms with van der Waals surface area (Å²) < 4.78 is 0. The number of aryl methyl sites for hydroxylation is 2. The van der Waals surface area contributed by atoms with E-state index in [0.29, 0.717) is 0 Å². The minimum atomic E-state index is 0.859. The van der Waals surface area contributed by atoms with Gasteiger partial charge in [-0.1, -0.05) is 0 Å². The second-order valence-electron chi connectivity index (χ2n) is 3.61. The minimum absolute atomic E-state index is 0.859. The van der Waals surface area contributed by atoms with E-state index in [0.717, 1.165) is 43.5 Å². The van der Waals surface area contributed by atoms with Crippen LogP contribution in [0, 0.1) is 13.8 Å². The van der Waals surface area contributed by atoms with Gasteiger partial charge in [0.1, 0.15) is 0 Å². The molecule has 0 atom stereocenters. The average molecular weight is 191 g/mol. The number of hydrogen-bond donors (Lipinski definition) is 0. The molecule has 75 valence electrons. The molecule has 4 heteroatoms. The minimum Gasteiger partial charge on any atom is -0.338 e. The molecule has 4 nitrogen and oxygen atoms in total. The summed E-state index contributed by atoms with van der Waals surface area (Å²) in [5.41, 5.74) is 2.07. The predicted molar refractivity (Wildman–Crippen MR) is 55.6 cm³/mol. The fourth-order valence-corrected chi connectivity index (χ4v) is 1.66. The number of anilines is 1. The standard InChI is InChI=1S/C10H15N4/c1-8-7-9(2)13-10(12-8)14-5-3-11-4-6-14/h7H,3-6H2,1-2H3. The number of aromatic nitrogens is 2. The summed E-state index contributed by atoms with van der Waals surface area (Å²) in [5, 5.41) is 4.30. The highest BCUT2D eigenvalue weighted by Crippen LogP contribution is 2.10. The zero-order valence-electron chi connectivity index (χ0n) is 8.69. The van der Waals surface area contributed by atoms with Gasteiger partial charge in [0.2, 0.25) is 5.95 Å². The molecule has 14 heavy (non-hydrogen) atoms. The molecule has 2 heterocycles. The fraction of sp³-hybridized carbons (Fsp3) is 0.600. The van der Waals surface area contributed by atoms with Crippen molar-refractivity contribution >= 4 is 5.95 Å². The van der Waals surface area contributed by atoms with E-state index in [9.17, 15) is 0 Å². The molecule has 0 aliphatic carbocycles. The molecule has 0 spiro atoms. The van der Waals surface area contributed by atoms with E-state index < -0.39 is 0 Å². The molecule has 0 saturated carbocycles. The van der Waals surface area contributed by atoms with Crippen LogP contribution in [0.3, 0.4) is 0 Å². The molecule has 1 aliphatic rings. The second-order valence-corrected chi connectivity index (χ2v) is 3.61. The van der Waals surface area contributed by atoms with Crippen LogP contribution < -0.4 is 10.2 Å². The van der Waals surface area contributed by atoms with E-state index in [1.165, 1.54) is 0 Å². The van der Waals surface area contributed by atoms with Gasteiger partial charge < -0.3 is 4.90 Å². The first-order chi connectivity index (χ1) is 6.75. The van der Waals surface area contributed by atoms with Crippen molar-refractivity contribution in [3.05, 3.63) is 17.5 Å². The molecule has 1 aromatic heterocycles. The van der Waals surface area contributed by atoms with Gasteiger partial charge in [-0.25, -0.2) is 15.3 Å². The van der Waals surface area contributed by atoms with E-state index in [2.05, 4.69) is 20.2 Å². The average Bonchev–Trinajstić information content (AvgIpc) is 2.18. The fourth-order valence-electron chi connectivity index (χ4n) is 1.66. The van der Waals surface area contributed by atoms with Crippen LogP contribution in [0.4, 0.5) is 5.95 Å². The van der Waals surface area contributed by atoms with E-state index in [1.54, 1.807) is 0 Å². The molecule has 1 saturated heterocycles. The van der Waals surface area contributed by atoms with Crippen LogP contribution in [0.15, 0.2) is 6.07 Å². The lowest BCUT2D eigenvalue weighted by molar-refractivity contribution is 0.569. The van der Waals surface area contributed by atoms with Crippen molar-refractivity contribution in [2.75, 3.05) is 31.1 Å². The Balaban J connectivity index is 2.21. The van der Waals surface area contributed by atoms with Crippen molar-refractivity contribution in [3.8, 4) is 0 Å². The van der Waals surface area contributed by atoms with Crippen molar-refractivity contribution in [2.45, 2.75) is 13.8 Å². The highest BCUT2D eigenvalue weighted by Gasteiger charge is 2.13. The molecule has 2 rings (SSSR count). The maximum absolute atomic E-state index is 4.43. The summed E-state index contributed by atoms with van der Waals surface area (Å²) in [6.07, 6.45) is 0. The Morgan fingerprint density at radius 1 is 1.07 bits per heavy atom. The van der Waals surface area contributed by atoms with Gasteiger partial charge in [0.15, 0.2) is 0 Å². The van der Waals surface area contributed by atoms with Crippen molar-refractivity contribution in [3.63, 3.8) is 0 Å². The molecule has 1 radical (unpaired) electrons. The molecule has 1 fully saturated rings. The SMILES string of the molecule is Cc1cc(C)nc(N2CC[N]CC2)n1. The summed E-state index contributed by atoms with van der Waals surface area (Å²) >= 11 is 0. The molecular formula is C10H15N4. The first-order valence-electron chi connectivity index (χ1n) is 4.96. The quantitative estimate of drug-likeness (QED) is 0.650. The van der Waals surface area contributed by atoms with Crippen LogP contribution in [0.1, 0.15) is 11.4 Å². The lowest BCUT2D eigenvalue weighted by Crippen LogP contribution is -2.41. The Kier molecular flexibility index (Phi) is 2.63. The Morgan fingerprint density at radius 2 is 1.64 bits per heavy atom. The summed E-state index contributed by atoms with van der Waals surface area (Å²) in [7, 11) is 0. The van der Waals surface area contributed by atoms with Gasteiger partial charge in [-0.2, -0.15) is 0 Å². The Bertz CT molecular complexity index is 298. The van der Waals surface area contributed by atoms with Crippen molar-refractivity contribution < 1.29 is 0 Å². The Hall–Kier alpha value is -1.16. The third-order valence-corrected chi connectivity index (χ3v) is 2.31. The van der Waals surface area contributed by atoms with Crippen LogP contribution in [0.2, 0.25) is 0 Å². The predicted octanol–water partition coefficient (Wildman–Crippen LogP) is 0.518. The van der Waals surface area contributed by atoms with Gasteiger partial charge in [-0.3, -0.25) is 0 Å². The lowest BCUT2D eigenvalue weighted by atomic mass is 10.3. The monoisotopic (exact) mass is 191 g/mol. The van der Waals surface area contributed by atoms with Gasteiger partial charge in [0.05, 0.1) is 0 Å². The van der Waals surface area contributed by atoms with Gasteiger partial charge in [0.25, 0.3) is 0 Å². The van der Waals surface area contributed by atoms with Gasteiger partial charge in [-0.05, 0) is 19.9 Å². The molecular weight excluding hydrogens is 176 g/mol. The first kappa shape index (κ1) is 9.40. The van der Waals surface area contributed by atoms with Crippen LogP contribution in [-0.2, 0) is 0 Å². The normalized spacial score (nSPS) is 17.1. The lowest BCUT2D eigenvalue weighted by Gasteiger charge is -2.26. The molecule has 0 N–H and O–H groups in total. The molecule has 0 amide bonds. The molecule has 0 aromatic carbocycles.